The first kappa shape index (κ1) is 23.3. The van der Waals surface area contributed by atoms with Crippen LogP contribution in [0.5, 0.6) is 0 Å². The van der Waals surface area contributed by atoms with Crippen molar-refractivity contribution in [1.29, 1.82) is 0 Å². The van der Waals surface area contributed by atoms with E-state index in [2.05, 4.69) is 81.4 Å². The summed E-state index contributed by atoms with van der Waals surface area (Å²) < 4.78 is 0. The smallest absolute Gasteiger partial charge is 0.0431 e. The summed E-state index contributed by atoms with van der Waals surface area (Å²) >= 11 is 0. The van der Waals surface area contributed by atoms with E-state index in [9.17, 15) is 0 Å². The molecule has 0 aliphatic heterocycles. The molecule has 31 heavy (non-hydrogen) atoms. The summed E-state index contributed by atoms with van der Waals surface area (Å²) in [5, 5.41) is 9.04. The highest BCUT2D eigenvalue weighted by molar-refractivity contribution is 5.71. The van der Waals surface area contributed by atoms with Crippen LogP contribution in [-0.2, 0) is 38.5 Å². The van der Waals surface area contributed by atoms with Crippen molar-refractivity contribution in [2.75, 3.05) is 6.61 Å². The Hall–Kier alpha value is -2.38. The van der Waals surface area contributed by atoms with Crippen LogP contribution in [0.15, 0.2) is 60.7 Å². The maximum absolute atomic E-state index is 9.04. The molecule has 164 valence electrons. The van der Waals surface area contributed by atoms with Gasteiger partial charge in [-0.15, -0.1) is 0 Å². The van der Waals surface area contributed by atoms with Gasteiger partial charge >= 0.3 is 0 Å². The Morgan fingerprint density at radius 3 is 1.52 bits per heavy atom. The Labute approximate surface area is 189 Å². The average molecular weight is 415 g/mol. The molecule has 0 radical (unpaired) electrons. The summed E-state index contributed by atoms with van der Waals surface area (Å²) in [4.78, 5) is 0. The summed E-state index contributed by atoms with van der Waals surface area (Å²) in [5.41, 5.74) is 11.3. The van der Waals surface area contributed by atoms with Gasteiger partial charge in [0.1, 0.15) is 0 Å². The zero-order valence-corrected chi connectivity index (χ0v) is 19.6. The highest BCUT2D eigenvalue weighted by Gasteiger charge is 2.10. The quantitative estimate of drug-likeness (QED) is 0.331. The highest BCUT2D eigenvalue weighted by atomic mass is 16.2. The lowest BCUT2D eigenvalue weighted by molar-refractivity contribution is 0.284. The maximum Gasteiger partial charge on any atom is 0.0431 e. The van der Waals surface area contributed by atoms with Crippen molar-refractivity contribution < 1.29 is 5.11 Å². The molecule has 0 saturated heterocycles. The molecular weight excluding hydrogens is 376 g/mol. The number of aryl methyl sites for hydroxylation is 6. The molecule has 0 aromatic heterocycles. The van der Waals surface area contributed by atoms with Crippen LogP contribution in [0.1, 0.15) is 67.0 Å². The second-order valence-electron chi connectivity index (χ2n) is 8.54. The van der Waals surface area contributed by atoms with Gasteiger partial charge in [0, 0.05) is 6.61 Å². The van der Waals surface area contributed by atoms with Gasteiger partial charge in [-0.25, -0.2) is 0 Å². The van der Waals surface area contributed by atoms with Gasteiger partial charge in [-0.1, -0.05) is 81.4 Å². The molecule has 1 nitrogen and oxygen atoms in total. The van der Waals surface area contributed by atoms with E-state index in [1.54, 1.807) is 0 Å². The van der Waals surface area contributed by atoms with Crippen molar-refractivity contribution in [2.24, 2.45) is 0 Å². The van der Waals surface area contributed by atoms with E-state index >= 15 is 0 Å². The Morgan fingerprint density at radius 2 is 1.00 bits per heavy atom. The van der Waals surface area contributed by atoms with Crippen molar-refractivity contribution in [1.82, 2.24) is 0 Å². The molecule has 0 bridgehead atoms. The standard InChI is InChI=1S/C30H38O/c1-4-23-10-12-24(13-11-23)14-15-26-17-19-30(28(6-3)22-26)29-18-16-25(9-7-8-20-31)21-27(29)5-2/h10-13,16-19,21-22,31H,4-9,14-15,20H2,1-3H3. The molecule has 0 heterocycles. The highest BCUT2D eigenvalue weighted by Crippen LogP contribution is 2.30. The monoisotopic (exact) mass is 414 g/mol. The molecular formula is C30H38O. The van der Waals surface area contributed by atoms with Gasteiger partial charge in [-0.05, 0) is 95.9 Å². The third kappa shape index (κ3) is 6.31. The second kappa shape index (κ2) is 11.9. The fraction of sp³-hybridized carbons (Fsp3) is 0.400. The molecule has 3 rings (SSSR count). The Bertz CT molecular complexity index is 953. The molecule has 3 aromatic carbocycles. The molecule has 0 saturated carbocycles. The van der Waals surface area contributed by atoms with Crippen LogP contribution in [0.2, 0.25) is 0 Å². The van der Waals surface area contributed by atoms with Gasteiger partial charge in [0.2, 0.25) is 0 Å². The van der Waals surface area contributed by atoms with Gasteiger partial charge in [-0.2, -0.15) is 0 Å². The Morgan fingerprint density at radius 1 is 0.516 bits per heavy atom. The van der Waals surface area contributed by atoms with Crippen LogP contribution in [0.3, 0.4) is 0 Å². The lowest BCUT2D eigenvalue weighted by Crippen LogP contribution is -1.98. The number of benzene rings is 3. The third-order valence-electron chi connectivity index (χ3n) is 6.40. The second-order valence-corrected chi connectivity index (χ2v) is 8.54. The predicted molar refractivity (Wildman–Crippen MR) is 134 cm³/mol. The molecule has 0 amide bonds. The topological polar surface area (TPSA) is 20.2 Å². The van der Waals surface area contributed by atoms with Gasteiger partial charge in [0.15, 0.2) is 0 Å². The van der Waals surface area contributed by atoms with E-state index < -0.39 is 0 Å². The number of aliphatic hydroxyl groups is 1. The average Bonchev–Trinajstić information content (AvgIpc) is 2.83. The fourth-order valence-corrected chi connectivity index (χ4v) is 4.39. The van der Waals surface area contributed by atoms with Crippen molar-refractivity contribution in [3.63, 3.8) is 0 Å². The minimum Gasteiger partial charge on any atom is -0.396 e. The Kier molecular flexibility index (Phi) is 8.91. The molecule has 0 fully saturated rings. The molecule has 0 atom stereocenters. The van der Waals surface area contributed by atoms with Gasteiger partial charge in [0.25, 0.3) is 0 Å². The fourth-order valence-electron chi connectivity index (χ4n) is 4.39. The largest absolute Gasteiger partial charge is 0.396 e. The lowest BCUT2D eigenvalue weighted by Gasteiger charge is -2.16. The lowest BCUT2D eigenvalue weighted by atomic mass is 9.89. The molecule has 0 aliphatic rings. The predicted octanol–water partition coefficient (Wildman–Crippen LogP) is 7.14. The molecule has 3 aromatic rings. The summed E-state index contributed by atoms with van der Waals surface area (Å²) in [6.45, 7) is 7.01. The number of unbranched alkanes of at least 4 members (excludes halogenated alkanes) is 1. The van der Waals surface area contributed by atoms with Crippen molar-refractivity contribution in [2.45, 2.75) is 72.1 Å². The van der Waals surface area contributed by atoms with Crippen LogP contribution < -0.4 is 0 Å². The van der Waals surface area contributed by atoms with Crippen LogP contribution in [0.4, 0.5) is 0 Å². The van der Waals surface area contributed by atoms with Crippen molar-refractivity contribution in [3.8, 4) is 11.1 Å². The van der Waals surface area contributed by atoms with Crippen LogP contribution >= 0.6 is 0 Å². The van der Waals surface area contributed by atoms with Crippen LogP contribution in [0.25, 0.3) is 11.1 Å². The first-order valence-corrected chi connectivity index (χ1v) is 12.1. The maximum atomic E-state index is 9.04. The summed E-state index contributed by atoms with van der Waals surface area (Å²) in [5.74, 6) is 0. The SMILES string of the molecule is CCc1ccc(CCc2ccc(-c3ccc(CCCCO)cc3CC)c(CC)c2)cc1. The zero-order valence-electron chi connectivity index (χ0n) is 19.6. The Balaban J connectivity index is 1.77. The van der Waals surface area contributed by atoms with E-state index in [4.69, 9.17) is 5.11 Å². The van der Waals surface area contributed by atoms with E-state index in [0.717, 1.165) is 51.4 Å². The van der Waals surface area contributed by atoms with E-state index in [-0.39, 0.29) is 6.61 Å². The summed E-state index contributed by atoms with van der Waals surface area (Å²) in [6.07, 6.45) is 8.36. The first-order chi connectivity index (χ1) is 15.2. The first-order valence-electron chi connectivity index (χ1n) is 12.1. The zero-order chi connectivity index (χ0) is 22.1. The van der Waals surface area contributed by atoms with E-state index in [1.807, 2.05) is 0 Å². The molecule has 0 spiro atoms. The van der Waals surface area contributed by atoms with Gasteiger partial charge in [-0.3, -0.25) is 0 Å². The van der Waals surface area contributed by atoms with Crippen LogP contribution in [0, 0.1) is 0 Å². The van der Waals surface area contributed by atoms with Gasteiger partial charge in [0.05, 0.1) is 0 Å². The van der Waals surface area contributed by atoms with E-state index in [0.29, 0.717) is 0 Å². The molecule has 0 aliphatic carbocycles. The minimum absolute atomic E-state index is 0.287. The number of rotatable bonds is 11. The van der Waals surface area contributed by atoms with Crippen LogP contribution in [-0.4, -0.2) is 11.7 Å². The summed E-state index contributed by atoms with van der Waals surface area (Å²) in [7, 11) is 0. The normalized spacial score (nSPS) is 11.1. The molecule has 1 heteroatoms. The van der Waals surface area contributed by atoms with Gasteiger partial charge < -0.3 is 5.11 Å². The number of aliphatic hydroxyl groups excluding tert-OH is 1. The number of hydrogen-bond acceptors (Lipinski definition) is 1. The number of hydrogen-bond donors (Lipinski definition) is 1. The van der Waals surface area contributed by atoms with E-state index in [1.165, 1.54) is 44.5 Å². The van der Waals surface area contributed by atoms with Crippen molar-refractivity contribution >= 4 is 0 Å². The van der Waals surface area contributed by atoms with Crippen molar-refractivity contribution in [3.05, 3.63) is 94.0 Å². The minimum atomic E-state index is 0.287. The third-order valence-corrected chi connectivity index (χ3v) is 6.40. The summed E-state index contributed by atoms with van der Waals surface area (Å²) in [6, 6.07) is 23.1. The molecule has 1 N–H and O–H groups in total. The molecule has 0 unspecified atom stereocenters.